The Balaban J connectivity index is 0.000000472. The maximum absolute atomic E-state index is 11.4. The molecule has 8 heteroatoms. The number of aldehydes is 1. The van der Waals surface area contributed by atoms with Gasteiger partial charge in [0.1, 0.15) is 12.0 Å². The second-order valence-electron chi connectivity index (χ2n) is 4.28. The Morgan fingerprint density at radius 2 is 2.09 bits per heavy atom. The van der Waals surface area contributed by atoms with E-state index in [1.54, 1.807) is 19.3 Å². The van der Waals surface area contributed by atoms with Crippen molar-refractivity contribution in [1.29, 1.82) is 0 Å². The summed E-state index contributed by atoms with van der Waals surface area (Å²) in [5.74, 6) is -0.576. The smallest absolute Gasteiger partial charge is 0.305 e. The van der Waals surface area contributed by atoms with Gasteiger partial charge in [0.25, 0.3) is 5.91 Å². The maximum atomic E-state index is 11.4. The number of methoxy groups -OCH3 is 1. The molecule has 1 aromatic heterocycles. The number of rotatable bonds is 6. The largest absolute Gasteiger partial charge is 0.469 e. The standard InChI is InChI=1S/C9H14N4O.C5H8O3/c1-10-12-9(14)8-6-7(13(2)3)4-5-11-8;1-8-5(7)3-2-4-6/h4-6,10H,1-3H3,(H,12,14);4H,2-3H2,1H3. The summed E-state index contributed by atoms with van der Waals surface area (Å²) in [7, 11) is 6.75. The van der Waals surface area contributed by atoms with E-state index < -0.39 is 0 Å². The highest BCUT2D eigenvalue weighted by Gasteiger charge is 2.06. The Hall–Kier alpha value is -2.48. The number of hydrogen-bond acceptors (Lipinski definition) is 7. The van der Waals surface area contributed by atoms with Crippen LogP contribution in [0.25, 0.3) is 0 Å². The zero-order valence-corrected chi connectivity index (χ0v) is 13.3. The van der Waals surface area contributed by atoms with Crippen LogP contribution in [0.1, 0.15) is 23.3 Å². The number of nitrogens with one attached hydrogen (secondary N) is 2. The third-order valence-corrected chi connectivity index (χ3v) is 2.43. The molecule has 2 N–H and O–H groups in total. The molecule has 0 bridgehead atoms. The number of aromatic nitrogens is 1. The molecule has 0 saturated carbocycles. The summed E-state index contributed by atoms with van der Waals surface area (Å²) >= 11 is 0. The fourth-order valence-corrected chi connectivity index (χ4v) is 1.28. The Bertz CT molecular complexity index is 491. The minimum Gasteiger partial charge on any atom is -0.469 e. The first-order valence-corrected chi connectivity index (χ1v) is 6.57. The molecule has 122 valence electrons. The van der Waals surface area contributed by atoms with E-state index in [1.165, 1.54) is 7.11 Å². The molecule has 1 aromatic rings. The molecular weight excluding hydrogens is 288 g/mol. The molecule has 0 spiro atoms. The monoisotopic (exact) mass is 310 g/mol. The third-order valence-electron chi connectivity index (χ3n) is 2.43. The van der Waals surface area contributed by atoms with Crippen molar-refractivity contribution in [1.82, 2.24) is 15.8 Å². The highest BCUT2D eigenvalue weighted by molar-refractivity contribution is 5.92. The van der Waals surface area contributed by atoms with Gasteiger partial charge in [0.15, 0.2) is 0 Å². The zero-order chi connectivity index (χ0) is 17.0. The Morgan fingerprint density at radius 1 is 1.41 bits per heavy atom. The van der Waals surface area contributed by atoms with Crippen molar-refractivity contribution in [3.05, 3.63) is 24.0 Å². The minimum atomic E-state index is -0.336. The molecule has 0 aromatic carbocycles. The first-order valence-electron chi connectivity index (χ1n) is 6.57. The molecular formula is C14H22N4O4. The molecule has 0 aliphatic carbocycles. The van der Waals surface area contributed by atoms with Crippen molar-refractivity contribution in [2.75, 3.05) is 33.2 Å². The number of pyridine rings is 1. The van der Waals surface area contributed by atoms with E-state index in [1.807, 2.05) is 25.1 Å². The quantitative estimate of drug-likeness (QED) is 0.438. The molecule has 1 rings (SSSR count). The SMILES string of the molecule is CNNC(=O)c1cc(N(C)C)ccn1.COC(=O)CCC=O. The van der Waals surface area contributed by atoms with E-state index in [2.05, 4.69) is 20.6 Å². The van der Waals surface area contributed by atoms with Crippen LogP contribution >= 0.6 is 0 Å². The molecule has 0 unspecified atom stereocenters. The summed E-state index contributed by atoms with van der Waals surface area (Å²) in [6, 6.07) is 3.57. The van der Waals surface area contributed by atoms with Gasteiger partial charge in [-0.2, -0.15) is 0 Å². The number of carbonyl (C=O) groups is 3. The molecule has 8 nitrogen and oxygen atoms in total. The molecule has 0 aliphatic heterocycles. The van der Waals surface area contributed by atoms with Gasteiger partial charge in [-0.3, -0.25) is 20.0 Å². The van der Waals surface area contributed by atoms with E-state index in [9.17, 15) is 14.4 Å². The minimum absolute atomic E-state index is 0.194. The van der Waals surface area contributed by atoms with Gasteiger partial charge in [-0.05, 0) is 12.1 Å². The van der Waals surface area contributed by atoms with Crippen LogP contribution in [-0.4, -0.2) is 51.4 Å². The van der Waals surface area contributed by atoms with E-state index in [0.29, 0.717) is 12.0 Å². The van der Waals surface area contributed by atoms with Crippen LogP contribution in [-0.2, 0) is 14.3 Å². The average Bonchev–Trinajstić information content (AvgIpc) is 2.53. The molecule has 0 fully saturated rings. The van der Waals surface area contributed by atoms with Crippen LogP contribution in [0.15, 0.2) is 18.3 Å². The van der Waals surface area contributed by atoms with Crippen LogP contribution in [0.3, 0.4) is 0 Å². The van der Waals surface area contributed by atoms with Crippen molar-refractivity contribution in [2.24, 2.45) is 0 Å². The molecule has 0 atom stereocenters. The zero-order valence-electron chi connectivity index (χ0n) is 13.3. The lowest BCUT2D eigenvalue weighted by atomic mass is 10.3. The van der Waals surface area contributed by atoms with E-state index in [-0.39, 0.29) is 24.7 Å². The maximum Gasteiger partial charge on any atom is 0.305 e. The summed E-state index contributed by atoms with van der Waals surface area (Å²) in [6.07, 6.45) is 2.75. The van der Waals surface area contributed by atoms with Crippen LogP contribution in [0.2, 0.25) is 0 Å². The van der Waals surface area contributed by atoms with E-state index >= 15 is 0 Å². The van der Waals surface area contributed by atoms with Gasteiger partial charge in [-0.1, -0.05) is 0 Å². The van der Waals surface area contributed by atoms with Crippen molar-refractivity contribution >= 4 is 23.9 Å². The van der Waals surface area contributed by atoms with Gasteiger partial charge in [-0.25, -0.2) is 5.43 Å². The fraction of sp³-hybridized carbons (Fsp3) is 0.429. The highest BCUT2D eigenvalue weighted by atomic mass is 16.5. The summed E-state index contributed by atoms with van der Waals surface area (Å²) in [6.45, 7) is 0. The summed E-state index contributed by atoms with van der Waals surface area (Å²) in [4.78, 5) is 37.0. The summed E-state index contributed by atoms with van der Waals surface area (Å²) < 4.78 is 4.25. The van der Waals surface area contributed by atoms with Gasteiger partial charge < -0.3 is 14.4 Å². The normalized spacial score (nSPS) is 9.09. The second-order valence-corrected chi connectivity index (χ2v) is 4.28. The Labute approximate surface area is 129 Å². The predicted octanol–water partition coefficient (Wildman–Crippen LogP) is 0.150. The molecule has 1 heterocycles. The number of hydrogen-bond donors (Lipinski definition) is 2. The Kier molecular flexibility index (Phi) is 9.95. The topological polar surface area (TPSA) is 101 Å². The molecule has 22 heavy (non-hydrogen) atoms. The number of anilines is 1. The lowest BCUT2D eigenvalue weighted by Crippen LogP contribution is -2.34. The summed E-state index contributed by atoms with van der Waals surface area (Å²) in [5, 5.41) is 0. The Morgan fingerprint density at radius 3 is 2.59 bits per heavy atom. The van der Waals surface area contributed by atoms with Gasteiger partial charge in [0.2, 0.25) is 0 Å². The van der Waals surface area contributed by atoms with Crippen LogP contribution in [0.4, 0.5) is 5.69 Å². The lowest BCUT2D eigenvalue weighted by molar-refractivity contribution is -0.141. The van der Waals surface area contributed by atoms with Crippen molar-refractivity contribution in [2.45, 2.75) is 12.8 Å². The number of esters is 1. The third kappa shape index (κ3) is 7.95. The van der Waals surface area contributed by atoms with Crippen molar-refractivity contribution < 1.29 is 19.1 Å². The molecule has 0 aliphatic rings. The van der Waals surface area contributed by atoms with E-state index in [4.69, 9.17) is 0 Å². The van der Waals surface area contributed by atoms with Gasteiger partial charge in [0, 0.05) is 39.4 Å². The second kappa shape index (κ2) is 11.2. The average molecular weight is 310 g/mol. The van der Waals surface area contributed by atoms with Crippen LogP contribution < -0.4 is 15.8 Å². The highest BCUT2D eigenvalue weighted by Crippen LogP contribution is 2.10. The first-order chi connectivity index (χ1) is 10.5. The van der Waals surface area contributed by atoms with Gasteiger partial charge in [0.05, 0.1) is 13.5 Å². The molecule has 1 amide bonds. The number of carbonyl (C=O) groups excluding carboxylic acids is 3. The number of nitrogens with zero attached hydrogens (tertiary/aromatic N) is 2. The number of amides is 1. The number of ether oxygens (including phenoxy) is 1. The van der Waals surface area contributed by atoms with Crippen molar-refractivity contribution in [3.63, 3.8) is 0 Å². The number of hydrazine groups is 1. The molecule has 0 radical (unpaired) electrons. The van der Waals surface area contributed by atoms with Crippen LogP contribution in [0.5, 0.6) is 0 Å². The van der Waals surface area contributed by atoms with Crippen LogP contribution in [0, 0.1) is 0 Å². The first kappa shape index (κ1) is 19.5. The summed E-state index contributed by atoms with van der Waals surface area (Å²) in [5.41, 5.74) is 6.36. The van der Waals surface area contributed by atoms with E-state index in [0.717, 1.165) is 5.69 Å². The fourth-order valence-electron chi connectivity index (χ4n) is 1.28. The van der Waals surface area contributed by atoms with Gasteiger partial charge >= 0.3 is 5.97 Å². The molecule has 0 saturated heterocycles. The van der Waals surface area contributed by atoms with Crippen molar-refractivity contribution in [3.8, 4) is 0 Å². The predicted molar refractivity (Wildman–Crippen MR) is 82.4 cm³/mol. The van der Waals surface area contributed by atoms with Gasteiger partial charge in [-0.15, -0.1) is 0 Å². The lowest BCUT2D eigenvalue weighted by Gasteiger charge is -2.12.